The van der Waals surface area contributed by atoms with Gasteiger partial charge in [-0.3, -0.25) is 0 Å². The highest BCUT2D eigenvalue weighted by Gasteiger charge is 2.41. The second kappa shape index (κ2) is 6.92. The third-order valence-electron chi connectivity index (χ3n) is 4.09. The van der Waals surface area contributed by atoms with Gasteiger partial charge in [0.25, 0.3) is 0 Å². The number of fused-ring (bicyclic) bond motifs is 1. The lowest BCUT2D eigenvalue weighted by Gasteiger charge is -2.30. The molecule has 0 amide bonds. The summed E-state index contributed by atoms with van der Waals surface area (Å²) in [6, 6.07) is 7.21. The molecule has 0 spiro atoms. The fourth-order valence-corrected chi connectivity index (χ4v) is 6.21. The monoisotopic (exact) mass is 480 g/mol. The molecule has 0 bridgehead atoms. The van der Waals surface area contributed by atoms with Crippen molar-refractivity contribution < 1.29 is 0 Å². The number of allylic oxidation sites excluding steroid dienone is 2. The quantitative estimate of drug-likeness (QED) is 0.282. The third-order valence-corrected chi connectivity index (χ3v) is 6.96. The van der Waals surface area contributed by atoms with Crippen molar-refractivity contribution in [3.63, 3.8) is 0 Å². The van der Waals surface area contributed by atoms with Crippen LogP contribution in [-0.2, 0) is 16.3 Å². The van der Waals surface area contributed by atoms with Gasteiger partial charge in [0.15, 0.2) is 0 Å². The molecule has 2 rings (SSSR count). The number of aryl methyl sites for hydroxylation is 2. The van der Waals surface area contributed by atoms with Gasteiger partial charge in [-0.2, -0.15) is 0 Å². The van der Waals surface area contributed by atoms with Crippen LogP contribution in [0.2, 0.25) is 0 Å². The van der Waals surface area contributed by atoms with Crippen molar-refractivity contribution in [2.24, 2.45) is 5.92 Å². The SMILES string of the molecule is C/C=C\C(CI)C1(I)CCc2cc(CCC)ccc21. The van der Waals surface area contributed by atoms with Crippen LogP contribution in [0.3, 0.4) is 0 Å². The molecule has 0 radical (unpaired) electrons. The Morgan fingerprint density at radius 3 is 2.84 bits per heavy atom. The fraction of sp³-hybridized carbons (Fsp3) is 0.529. The summed E-state index contributed by atoms with van der Waals surface area (Å²) in [6.07, 6.45) is 9.60. The molecule has 0 fully saturated rings. The molecule has 0 heterocycles. The van der Waals surface area contributed by atoms with Crippen molar-refractivity contribution in [1.82, 2.24) is 0 Å². The molecular formula is C17H22I2. The molecule has 0 aliphatic heterocycles. The first-order chi connectivity index (χ1) is 9.15. The van der Waals surface area contributed by atoms with Crippen LogP contribution in [0.25, 0.3) is 0 Å². The van der Waals surface area contributed by atoms with Gasteiger partial charge in [0.1, 0.15) is 0 Å². The molecule has 0 saturated heterocycles. The second-order valence-corrected chi connectivity index (χ2v) is 8.20. The molecule has 0 nitrogen and oxygen atoms in total. The highest BCUT2D eigenvalue weighted by Crippen LogP contribution is 2.51. The fourth-order valence-electron chi connectivity index (χ4n) is 3.10. The normalized spacial score (nSPS) is 23.8. The summed E-state index contributed by atoms with van der Waals surface area (Å²) in [7, 11) is 0. The predicted octanol–water partition coefficient (Wildman–Crippen LogP) is 5.84. The van der Waals surface area contributed by atoms with Crippen LogP contribution in [0.15, 0.2) is 30.4 Å². The number of rotatable bonds is 5. The third kappa shape index (κ3) is 3.20. The Morgan fingerprint density at radius 2 is 2.21 bits per heavy atom. The molecule has 2 atom stereocenters. The van der Waals surface area contributed by atoms with Gasteiger partial charge in [-0.15, -0.1) is 0 Å². The molecule has 1 aromatic rings. The van der Waals surface area contributed by atoms with Crippen LogP contribution in [0.1, 0.15) is 43.4 Å². The van der Waals surface area contributed by atoms with Crippen molar-refractivity contribution in [2.45, 2.75) is 43.0 Å². The van der Waals surface area contributed by atoms with Crippen molar-refractivity contribution in [3.05, 3.63) is 47.0 Å². The maximum atomic E-state index is 2.72. The summed E-state index contributed by atoms with van der Waals surface area (Å²) in [6.45, 7) is 4.40. The van der Waals surface area contributed by atoms with E-state index < -0.39 is 0 Å². The van der Waals surface area contributed by atoms with Gasteiger partial charge in [-0.05, 0) is 42.9 Å². The molecule has 104 valence electrons. The van der Waals surface area contributed by atoms with E-state index in [4.69, 9.17) is 0 Å². The van der Waals surface area contributed by atoms with Crippen LogP contribution in [0.4, 0.5) is 0 Å². The topological polar surface area (TPSA) is 0 Å². The van der Waals surface area contributed by atoms with Crippen LogP contribution in [0.5, 0.6) is 0 Å². The van der Waals surface area contributed by atoms with Crippen molar-refractivity contribution >= 4 is 45.2 Å². The van der Waals surface area contributed by atoms with E-state index in [1.54, 1.807) is 11.1 Å². The van der Waals surface area contributed by atoms with Gasteiger partial charge < -0.3 is 0 Å². The van der Waals surface area contributed by atoms with E-state index in [1.165, 1.54) is 35.7 Å². The van der Waals surface area contributed by atoms with E-state index in [0.29, 0.717) is 9.34 Å². The van der Waals surface area contributed by atoms with E-state index in [1.807, 2.05) is 0 Å². The molecular weight excluding hydrogens is 458 g/mol. The molecule has 2 unspecified atom stereocenters. The number of halogens is 2. The van der Waals surface area contributed by atoms with Crippen molar-refractivity contribution in [1.29, 1.82) is 0 Å². The maximum Gasteiger partial charge on any atom is 0.0545 e. The van der Waals surface area contributed by atoms with Crippen LogP contribution < -0.4 is 0 Å². The number of benzene rings is 1. The van der Waals surface area contributed by atoms with Gasteiger partial charge in [0.05, 0.1) is 3.42 Å². The lowest BCUT2D eigenvalue weighted by atomic mass is 9.87. The largest absolute Gasteiger partial charge is 0.0913 e. The zero-order valence-electron chi connectivity index (χ0n) is 11.8. The number of alkyl halides is 2. The van der Waals surface area contributed by atoms with E-state index in [0.717, 1.165) is 0 Å². The minimum atomic E-state index is 0.311. The average Bonchev–Trinajstić information content (AvgIpc) is 2.75. The molecule has 1 aliphatic carbocycles. The predicted molar refractivity (Wildman–Crippen MR) is 102 cm³/mol. The first-order valence-corrected chi connectivity index (χ1v) is 9.76. The van der Waals surface area contributed by atoms with E-state index in [9.17, 15) is 0 Å². The molecule has 19 heavy (non-hydrogen) atoms. The lowest BCUT2D eigenvalue weighted by molar-refractivity contribution is 0.528. The Balaban J connectivity index is 2.35. The van der Waals surface area contributed by atoms with Crippen LogP contribution >= 0.6 is 45.2 Å². The van der Waals surface area contributed by atoms with Gasteiger partial charge in [-0.25, -0.2) is 0 Å². The Morgan fingerprint density at radius 1 is 1.42 bits per heavy atom. The molecule has 1 aromatic carbocycles. The number of hydrogen-bond donors (Lipinski definition) is 0. The lowest BCUT2D eigenvalue weighted by Crippen LogP contribution is -2.26. The molecule has 0 saturated carbocycles. The average molecular weight is 480 g/mol. The zero-order valence-corrected chi connectivity index (χ0v) is 16.1. The second-order valence-electron chi connectivity index (χ2n) is 5.39. The van der Waals surface area contributed by atoms with Gasteiger partial charge in [0, 0.05) is 10.3 Å². The summed E-state index contributed by atoms with van der Waals surface area (Å²) in [4.78, 5) is 0. The van der Waals surface area contributed by atoms with Crippen LogP contribution in [0, 0.1) is 5.92 Å². The Labute approximate surface area is 144 Å². The summed E-state index contributed by atoms with van der Waals surface area (Å²) < 4.78 is 1.51. The summed E-state index contributed by atoms with van der Waals surface area (Å²) in [5, 5.41) is 0. The minimum Gasteiger partial charge on any atom is -0.0913 e. The Kier molecular flexibility index (Phi) is 5.76. The van der Waals surface area contributed by atoms with Gasteiger partial charge in [-0.1, -0.05) is 88.9 Å². The first kappa shape index (κ1) is 15.8. The summed E-state index contributed by atoms with van der Waals surface area (Å²) in [5.74, 6) is 0.650. The summed E-state index contributed by atoms with van der Waals surface area (Å²) >= 11 is 5.25. The minimum absolute atomic E-state index is 0.311. The van der Waals surface area contributed by atoms with Crippen molar-refractivity contribution in [3.8, 4) is 0 Å². The zero-order chi connectivity index (χ0) is 13.9. The molecule has 0 N–H and O–H groups in total. The first-order valence-electron chi connectivity index (χ1n) is 7.15. The highest BCUT2D eigenvalue weighted by molar-refractivity contribution is 14.1. The highest BCUT2D eigenvalue weighted by atomic mass is 127. The Bertz CT molecular complexity index is 464. The molecule has 1 aliphatic rings. The van der Waals surface area contributed by atoms with E-state index in [-0.39, 0.29) is 0 Å². The smallest absolute Gasteiger partial charge is 0.0545 e. The maximum absolute atomic E-state index is 2.72. The van der Waals surface area contributed by atoms with Crippen LogP contribution in [-0.4, -0.2) is 4.43 Å². The number of hydrogen-bond acceptors (Lipinski definition) is 0. The van der Waals surface area contributed by atoms with Crippen molar-refractivity contribution in [2.75, 3.05) is 4.43 Å². The van der Waals surface area contributed by atoms with E-state index in [2.05, 4.69) is 89.4 Å². The van der Waals surface area contributed by atoms with E-state index >= 15 is 0 Å². The summed E-state index contributed by atoms with van der Waals surface area (Å²) in [5.41, 5.74) is 4.70. The standard InChI is InChI=1S/C17H22I2/c1-3-5-13-7-8-16-14(11-13)9-10-17(16,19)15(12-18)6-4-2/h4,6-8,11,15H,3,5,9-10,12H2,1-2H3/b6-4-. The van der Waals surface area contributed by atoms with Gasteiger partial charge >= 0.3 is 0 Å². The Hall–Kier alpha value is 0.420. The van der Waals surface area contributed by atoms with Gasteiger partial charge in [0.2, 0.25) is 0 Å². The molecule has 2 heteroatoms. The molecule has 0 aromatic heterocycles.